The van der Waals surface area contributed by atoms with Crippen LogP contribution >= 0.6 is 0 Å². The van der Waals surface area contributed by atoms with E-state index in [-0.39, 0.29) is 0 Å². The number of imidazole rings is 1. The van der Waals surface area contributed by atoms with Crippen molar-refractivity contribution in [3.8, 4) is 0 Å². The molecular weight excluding hydrogens is 228 g/mol. The van der Waals surface area contributed by atoms with Gasteiger partial charge in [0, 0.05) is 49.5 Å². The van der Waals surface area contributed by atoms with Gasteiger partial charge in [0.2, 0.25) is 5.91 Å². The summed E-state index contributed by atoms with van der Waals surface area (Å²) in [5, 5.41) is 0. The lowest BCUT2D eigenvalue weighted by Crippen LogP contribution is -2.41. The lowest BCUT2D eigenvalue weighted by atomic mass is 10.1. The lowest BCUT2D eigenvalue weighted by molar-refractivity contribution is -0.130. The minimum absolute atomic E-state index is 0.314. The Balaban J connectivity index is 1.73. The molecule has 3 rings (SSSR count). The molecule has 2 aliphatic heterocycles. The predicted octanol–water partition coefficient (Wildman–Crippen LogP) is 0.993. The zero-order valence-corrected chi connectivity index (χ0v) is 11.0. The number of carbonyl (C=O) groups is 1. The summed E-state index contributed by atoms with van der Waals surface area (Å²) in [7, 11) is 0. The van der Waals surface area contributed by atoms with Crippen LogP contribution in [0.1, 0.15) is 32.4 Å². The van der Waals surface area contributed by atoms with Gasteiger partial charge in [-0.3, -0.25) is 9.69 Å². The molecule has 0 unspecified atom stereocenters. The maximum absolute atomic E-state index is 12.1. The normalized spacial score (nSPS) is 28.4. The molecule has 1 aromatic rings. The number of fused-ring (bicyclic) bond motifs is 1. The number of hydrogen-bond acceptors (Lipinski definition) is 3. The predicted molar refractivity (Wildman–Crippen MR) is 67.8 cm³/mol. The van der Waals surface area contributed by atoms with Crippen LogP contribution in [0.3, 0.4) is 0 Å². The van der Waals surface area contributed by atoms with Crippen LogP contribution in [0.15, 0.2) is 12.5 Å². The van der Waals surface area contributed by atoms with Gasteiger partial charge in [0.1, 0.15) is 0 Å². The number of likely N-dealkylation sites (tertiary alicyclic amines) is 2. The maximum atomic E-state index is 12.1. The third kappa shape index (κ3) is 1.82. The summed E-state index contributed by atoms with van der Waals surface area (Å²) in [5.41, 5.74) is 1.13. The Kier molecular flexibility index (Phi) is 2.86. The van der Waals surface area contributed by atoms with Crippen LogP contribution < -0.4 is 0 Å². The molecule has 0 spiro atoms. The van der Waals surface area contributed by atoms with E-state index in [1.807, 2.05) is 6.20 Å². The van der Waals surface area contributed by atoms with E-state index in [2.05, 4.69) is 33.6 Å². The highest BCUT2D eigenvalue weighted by Crippen LogP contribution is 2.34. The summed E-state index contributed by atoms with van der Waals surface area (Å²) >= 11 is 0. The standard InChI is InChI=1S/C13H20N4O/c1-9(2)17-11-3-4-16(12(11)5-13(17)18)7-10-6-14-8-15-10/h6,8-9,11-12H,3-5,7H2,1-2H3,(H,14,15)/t11-,12-/m0/s1. The fourth-order valence-electron chi connectivity index (χ4n) is 3.42. The van der Waals surface area contributed by atoms with Gasteiger partial charge < -0.3 is 9.88 Å². The number of rotatable bonds is 3. The van der Waals surface area contributed by atoms with E-state index < -0.39 is 0 Å². The van der Waals surface area contributed by atoms with Gasteiger partial charge in [-0.05, 0) is 20.3 Å². The van der Waals surface area contributed by atoms with Crippen LogP contribution in [0.25, 0.3) is 0 Å². The van der Waals surface area contributed by atoms with Gasteiger partial charge >= 0.3 is 0 Å². The monoisotopic (exact) mass is 248 g/mol. The minimum atomic E-state index is 0.314. The van der Waals surface area contributed by atoms with E-state index in [4.69, 9.17) is 0 Å². The number of nitrogens with zero attached hydrogens (tertiary/aromatic N) is 3. The molecule has 0 saturated carbocycles. The van der Waals surface area contributed by atoms with Crippen molar-refractivity contribution in [2.24, 2.45) is 0 Å². The van der Waals surface area contributed by atoms with E-state index in [9.17, 15) is 4.79 Å². The average Bonchev–Trinajstić information content (AvgIpc) is 2.97. The van der Waals surface area contributed by atoms with Crippen LogP contribution in [0.2, 0.25) is 0 Å². The Bertz CT molecular complexity index is 428. The van der Waals surface area contributed by atoms with Crippen LogP contribution in [0, 0.1) is 0 Å². The zero-order valence-electron chi connectivity index (χ0n) is 11.0. The molecule has 2 aliphatic rings. The van der Waals surface area contributed by atoms with Crippen molar-refractivity contribution in [1.82, 2.24) is 19.8 Å². The van der Waals surface area contributed by atoms with Crippen LogP contribution in [0.5, 0.6) is 0 Å². The van der Waals surface area contributed by atoms with Gasteiger partial charge in [-0.25, -0.2) is 4.98 Å². The third-order valence-corrected chi connectivity index (χ3v) is 4.14. The van der Waals surface area contributed by atoms with Crippen molar-refractivity contribution in [2.75, 3.05) is 6.54 Å². The fraction of sp³-hybridized carbons (Fsp3) is 0.692. The molecule has 0 aromatic carbocycles. The first-order chi connectivity index (χ1) is 8.66. The van der Waals surface area contributed by atoms with Crippen LogP contribution in [-0.2, 0) is 11.3 Å². The Labute approximate surface area is 107 Å². The molecule has 3 heterocycles. The van der Waals surface area contributed by atoms with Crippen molar-refractivity contribution in [3.63, 3.8) is 0 Å². The Morgan fingerprint density at radius 2 is 2.33 bits per heavy atom. The Morgan fingerprint density at radius 3 is 3.00 bits per heavy atom. The van der Waals surface area contributed by atoms with Gasteiger partial charge in [-0.2, -0.15) is 0 Å². The third-order valence-electron chi connectivity index (χ3n) is 4.14. The number of amides is 1. The highest BCUT2D eigenvalue weighted by atomic mass is 16.2. The second kappa shape index (κ2) is 4.39. The van der Waals surface area contributed by atoms with Crippen molar-refractivity contribution < 1.29 is 4.79 Å². The highest BCUT2D eigenvalue weighted by Gasteiger charge is 2.47. The fourth-order valence-corrected chi connectivity index (χ4v) is 3.42. The van der Waals surface area contributed by atoms with Crippen molar-refractivity contribution in [2.45, 2.75) is 51.4 Å². The second-order valence-electron chi connectivity index (χ2n) is 5.57. The molecule has 1 N–H and O–H groups in total. The second-order valence-corrected chi connectivity index (χ2v) is 5.57. The first-order valence-corrected chi connectivity index (χ1v) is 6.69. The van der Waals surface area contributed by atoms with Gasteiger partial charge in [0.25, 0.3) is 0 Å². The van der Waals surface area contributed by atoms with Gasteiger partial charge in [0.15, 0.2) is 0 Å². The largest absolute Gasteiger partial charge is 0.347 e. The number of H-pyrrole nitrogens is 1. The lowest BCUT2D eigenvalue weighted by Gasteiger charge is -2.28. The summed E-state index contributed by atoms with van der Waals surface area (Å²) in [6.45, 7) is 6.17. The smallest absolute Gasteiger partial charge is 0.224 e. The average molecular weight is 248 g/mol. The molecule has 0 radical (unpaired) electrons. The molecule has 1 aromatic heterocycles. The Hall–Kier alpha value is -1.36. The van der Waals surface area contributed by atoms with E-state index in [1.165, 1.54) is 0 Å². The molecule has 1 amide bonds. The Morgan fingerprint density at radius 1 is 1.50 bits per heavy atom. The zero-order chi connectivity index (χ0) is 12.7. The topological polar surface area (TPSA) is 52.2 Å². The van der Waals surface area contributed by atoms with Crippen LogP contribution in [0.4, 0.5) is 0 Å². The summed E-state index contributed by atoms with van der Waals surface area (Å²) in [6.07, 6.45) is 5.35. The molecule has 5 nitrogen and oxygen atoms in total. The molecule has 5 heteroatoms. The van der Waals surface area contributed by atoms with Crippen molar-refractivity contribution >= 4 is 5.91 Å². The molecule has 2 saturated heterocycles. The highest BCUT2D eigenvalue weighted by molar-refractivity contribution is 5.80. The number of carbonyl (C=O) groups excluding carboxylic acids is 1. The van der Waals surface area contributed by atoms with Crippen molar-refractivity contribution in [1.29, 1.82) is 0 Å². The summed E-state index contributed by atoms with van der Waals surface area (Å²) < 4.78 is 0. The molecule has 2 atom stereocenters. The molecule has 0 aliphatic carbocycles. The maximum Gasteiger partial charge on any atom is 0.224 e. The summed E-state index contributed by atoms with van der Waals surface area (Å²) in [6, 6.07) is 1.13. The summed E-state index contributed by atoms with van der Waals surface area (Å²) in [5.74, 6) is 0.314. The first kappa shape index (κ1) is 11.7. The van der Waals surface area contributed by atoms with Gasteiger partial charge in [-0.1, -0.05) is 0 Å². The first-order valence-electron chi connectivity index (χ1n) is 6.69. The number of hydrogen-bond donors (Lipinski definition) is 1. The molecule has 18 heavy (non-hydrogen) atoms. The molecule has 2 fully saturated rings. The molecule has 98 valence electrons. The number of aromatic nitrogens is 2. The van der Waals surface area contributed by atoms with Gasteiger partial charge in [-0.15, -0.1) is 0 Å². The summed E-state index contributed by atoms with van der Waals surface area (Å²) in [4.78, 5) is 23.7. The number of nitrogens with one attached hydrogen (secondary N) is 1. The van der Waals surface area contributed by atoms with Crippen LogP contribution in [-0.4, -0.2) is 50.3 Å². The minimum Gasteiger partial charge on any atom is -0.347 e. The van der Waals surface area contributed by atoms with E-state index in [1.54, 1.807) is 6.33 Å². The van der Waals surface area contributed by atoms with E-state index in [0.29, 0.717) is 30.5 Å². The van der Waals surface area contributed by atoms with E-state index >= 15 is 0 Å². The van der Waals surface area contributed by atoms with E-state index in [0.717, 1.165) is 25.2 Å². The van der Waals surface area contributed by atoms with Crippen molar-refractivity contribution in [3.05, 3.63) is 18.2 Å². The quantitative estimate of drug-likeness (QED) is 0.868. The van der Waals surface area contributed by atoms with Gasteiger partial charge in [0.05, 0.1) is 6.33 Å². The molecule has 0 bridgehead atoms. The number of aromatic amines is 1. The SMILES string of the molecule is CC(C)N1C(=O)C[C@H]2[C@@H]1CCN2Cc1cnc[nH]1. The molecular formula is C13H20N4O.